The molecule has 1 N–H and O–H groups in total. The van der Waals surface area contributed by atoms with Crippen LogP contribution in [0.4, 0.5) is 0 Å². The van der Waals surface area contributed by atoms with Crippen LogP contribution in [0, 0.1) is 0 Å². The van der Waals surface area contributed by atoms with Crippen molar-refractivity contribution in [1.29, 1.82) is 0 Å². The average molecular weight is 268 g/mol. The van der Waals surface area contributed by atoms with E-state index in [-0.39, 0.29) is 5.91 Å². The first kappa shape index (κ1) is 13.3. The third kappa shape index (κ3) is 3.68. The number of carbonyl (C=O) groups is 1. The molecule has 2 rings (SSSR count). The van der Waals surface area contributed by atoms with Gasteiger partial charge in [-0.1, -0.05) is 11.6 Å². The van der Waals surface area contributed by atoms with Crippen LogP contribution in [0.3, 0.4) is 0 Å². The van der Waals surface area contributed by atoms with Crippen molar-refractivity contribution in [1.82, 2.24) is 15.2 Å². The topological polar surface area (TPSA) is 45.2 Å². The number of nitrogens with one attached hydrogen (secondary N) is 1. The molecule has 1 aliphatic rings. The molecule has 18 heavy (non-hydrogen) atoms. The van der Waals surface area contributed by atoms with Gasteiger partial charge in [-0.05, 0) is 45.0 Å². The molecule has 0 spiro atoms. The third-order valence-electron chi connectivity index (χ3n) is 3.15. The van der Waals surface area contributed by atoms with Gasteiger partial charge in [0.25, 0.3) is 5.91 Å². The number of hydrogen-bond acceptors (Lipinski definition) is 3. The molecule has 1 aliphatic heterocycles. The second-order valence-electron chi connectivity index (χ2n) is 4.51. The van der Waals surface area contributed by atoms with Crippen molar-refractivity contribution in [3.8, 4) is 0 Å². The highest BCUT2D eigenvalue weighted by atomic mass is 35.5. The van der Waals surface area contributed by atoms with E-state index in [1.54, 1.807) is 12.3 Å². The van der Waals surface area contributed by atoms with Gasteiger partial charge in [0.1, 0.15) is 0 Å². The van der Waals surface area contributed by atoms with E-state index < -0.39 is 0 Å². The van der Waals surface area contributed by atoms with Gasteiger partial charge in [-0.2, -0.15) is 0 Å². The molecular formula is C13H18ClN3O. The highest BCUT2D eigenvalue weighted by Gasteiger charge is 2.12. The molecule has 1 aromatic heterocycles. The van der Waals surface area contributed by atoms with E-state index >= 15 is 0 Å². The molecule has 1 fully saturated rings. The fourth-order valence-corrected chi connectivity index (χ4v) is 2.34. The molecule has 2 heterocycles. The zero-order chi connectivity index (χ0) is 12.8. The van der Waals surface area contributed by atoms with Crippen LogP contribution in [0.1, 0.15) is 29.6 Å². The van der Waals surface area contributed by atoms with Crippen LogP contribution < -0.4 is 5.32 Å². The van der Waals surface area contributed by atoms with Gasteiger partial charge in [0.15, 0.2) is 0 Å². The molecule has 0 atom stereocenters. The van der Waals surface area contributed by atoms with Crippen molar-refractivity contribution < 1.29 is 4.79 Å². The van der Waals surface area contributed by atoms with E-state index in [4.69, 9.17) is 11.6 Å². The maximum atomic E-state index is 11.8. The standard InChI is InChI=1S/C13H18ClN3O/c14-12-4-6-15-10-11(12)13(18)16-5-3-9-17-7-1-2-8-17/h4,6,10H,1-3,5,7-9H2,(H,16,18). The Labute approximate surface area is 112 Å². The van der Waals surface area contributed by atoms with Crippen LogP contribution >= 0.6 is 11.6 Å². The smallest absolute Gasteiger partial charge is 0.254 e. The maximum Gasteiger partial charge on any atom is 0.254 e. The van der Waals surface area contributed by atoms with Gasteiger partial charge in [0.05, 0.1) is 10.6 Å². The number of halogens is 1. The Kier molecular flexibility index (Phi) is 4.96. The van der Waals surface area contributed by atoms with E-state index in [1.165, 1.54) is 32.1 Å². The van der Waals surface area contributed by atoms with Gasteiger partial charge in [-0.15, -0.1) is 0 Å². The molecule has 1 saturated heterocycles. The van der Waals surface area contributed by atoms with E-state index in [0.29, 0.717) is 17.1 Å². The van der Waals surface area contributed by atoms with Crippen molar-refractivity contribution in [3.05, 3.63) is 29.0 Å². The Morgan fingerprint density at radius 2 is 2.22 bits per heavy atom. The molecule has 0 radical (unpaired) electrons. The fraction of sp³-hybridized carbons (Fsp3) is 0.538. The minimum Gasteiger partial charge on any atom is -0.352 e. The van der Waals surface area contributed by atoms with E-state index in [0.717, 1.165) is 13.0 Å². The van der Waals surface area contributed by atoms with Crippen molar-refractivity contribution >= 4 is 17.5 Å². The lowest BCUT2D eigenvalue weighted by Crippen LogP contribution is -2.28. The quantitative estimate of drug-likeness (QED) is 0.830. The molecule has 1 aromatic rings. The van der Waals surface area contributed by atoms with E-state index in [2.05, 4.69) is 15.2 Å². The third-order valence-corrected chi connectivity index (χ3v) is 3.48. The summed E-state index contributed by atoms with van der Waals surface area (Å²) in [5.74, 6) is -0.144. The first-order valence-corrected chi connectivity index (χ1v) is 6.75. The summed E-state index contributed by atoms with van der Waals surface area (Å²) < 4.78 is 0. The summed E-state index contributed by atoms with van der Waals surface area (Å²) in [6.07, 6.45) is 6.66. The van der Waals surface area contributed by atoms with Crippen molar-refractivity contribution in [3.63, 3.8) is 0 Å². The predicted octanol–water partition coefficient (Wildman–Crippen LogP) is 1.95. The Morgan fingerprint density at radius 1 is 1.44 bits per heavy atom. The highest BCUT2D eigenvalue weighted by molar-refractivity contribution is 6.33. The van der Waals surface area contributed by atoms with Gasteiger partial charge < -0.3 is 10.2 Å². The van der Waals surface area contributed by atoms with Crippen LogP contribution in [0.2, 0.25) is 5.02 Å². The zero-order valence-corrected chi connectivity index (χ0v) is 11.1. The lowest BCUT2D eigenvalue weighted by molar-refractivity contribution is 0.0952. The molecule has 4 nitrogen and oxygen atoms in total. The summed E-state index contributed by atoms with van der Waals surface area (Å²) >= 11 is 5.93. The molecular weight excluding hydrogens is 250 g/mol. The summed E-state index contributed by atoms with van der Waals surface area (Å²) in [6, 6.07) is 1.63. The Bertz CT molecular complexity index is 405. The minimum atomic E-state index is -0.144. The number of carbonyl (C=O) groups excluding carboxylic acids is 1. The Balaban J connectivity index is 1.70. The first-order chi connectivity index (χ1) is 8.77. The van der Waals surface area contributed by atoms with Crippen LogP contribution in [0.25, 0.3) is 0 Å². The van der Waals surface area contributed by atoms with Gasteiger partial charge in [0.2, 0.25) is 0 Å². The molecule has 0 bridgehead atoms. The summed E-state index contributed by atoms with van der Waals surface area (Å²) in [4.78, 5) is 18.2. The number of rotatable bonds is 5. The number of pyridine rings is 1. The van der Waals surface area contributed by atoms with Gasteiger partial charge in [0, 0.05) is 18.9 Å². The predicted molar refractivity (Wildman–Crippen MR) is 71.9 cm³/mol. The van der Waals surface area contributed by atoms with Gasteiger partial charge in [-0.25, -0.2) is 0 Å². The second-order valence-corrected chi connectivity index (χ2v) is 4.92. The van der Waals surface area contributed by atoms with E-state index in [1.807, 2.05) is 0 Å². The molecule has 0 aromatic carbocycles. The summed E-state index contributed by atoms with van der Waals surface area (Å²) in [5, 5.41) is 3.32. The molecule has 0 saturated carbocycles. The Hall–Kier alpha value is -1.13. The number of amides is 1. The maximum absolute atomic E-state index is 11.8. The number of aromatic nitrogens is 1. The summed E-state index contributed by atoms with van der Waals surface area (Å²) in [6.45, 7) is 4.13. The minimum absolute atomic E-state index is 0.144. The van der Waals surface area contributed by atoms with E-state index in [9.17, 15) is 4.79 Å². The van der Waals surface area contributed by atoms with Crippen molar-refractivity contribution in [2.75, 3.05) is 26.2 Å². The Morgan fingerprint density at radius 3 is 2.94 bits per heavy atom. The van der Waals surface area contributed by atoms with Crippen LogP contribution in [-0.4, -0.2) is 42.0 Å². The van der Waals surface area contributed by atoms with Gasteiger partial charge >= 0.3 is 0 Å². The average Bonchev–Trinajstić information content (AvgIpc) is 2.88. The number of nitrogens with zero attached hydrogens (tertiary/aromatic N) is 2. The molecule has 0 unspecified atom stereocenters. The van der Waals surface area contributed by atoms with Crippen LogP contribution in [0.5, 0.6) is 0 Å². The van der Waals surface area contributed by atoms with Crippen LogP contribution in [-0.2, 0) is 0 Å². The normalized spacial score (nSPS) is 15.8. The summed E-state index contributed by atoms with van der Waals surface area (Å²) in [5.41, 5.74) is 0.445. The monoisotopic (exact) mass is 267 g/mol. The fourth-order valence-electron chi connectivity index (χ4n) is 2.15. The summed E-state index contributed by atoms with van der Waals surface area (Å²) in [7, 11) is 0. The van der Waals surface area contributed by atoms with Gasteiger partial charge in [-0.3, -0.25) is 9.78 Å². The van der Waals surface area contributed by atoms with Crippen LogP contribution in [0.15, 0.2) is 18.5 Å². The molecule has 5 heteroatoms. The second kappa shape index (κ2) is 6.71. The number of hydrogen-bond donors (Lipinski definition) is 1. The molecule has 1 amide bonds. The van der Waals surface area contributed by atoms with Crippen molar-refractivity contribution in [2.24, 2.45) is 0 Å². The lowest BCUT2D eigenvalue weighted by atomic mass is 10.2. The zero-order valence-electron chi connectivity index (χ0n) is 10.4. The first-order valence-electron chi connectivity index (χ1n) is 6.37. The van der Waals surface area contributed by atoms with Crippen molar-refractivity contribution in [2.45, 2.75) is 19.3 Å². The molecule has 0 aliphatic carbocycles. The highest BCUT2D eigenvalue weighted by Crippen LogP contribution is 2.13. The largest absolute Gasteiger partial charge is 0.352 e. The lowest BCUT2D eigenvalue weighted by Gasteiger charge is -2.14. The SMILES string of the molecule is O=C(NCCCN1CCCC1)c1cnccc1Cl. The number of likely N-dealkylation sites (tertiary alicyclic amines) is 1. The molecule has 98 valence electrons.